The molecule has 0 fully saturated rings. The van der Waals surface area contributed by atoms with E-state index in [4.69, 9.17) is 5.11 Å². The predicted molar refractivity (Wildman–Crippen MR) is 60.2 cm³/mol. The van der Waals surface area contributed by atoms with Crippen LogP contribution in [0.15, 0.2) is 12.4 Å². The number of halogens is 3. The molecule has 0 aliphatic carbocycles. The van der Waals surface area contributed by atoms with Crippen LogP contribution in [-0.4, -0.2) is 26.2 Å². The van der Waals surface area contributed by atoms with Gasteiger partial charge in [0.1, 0.15) is 12.2 Å². The first-order valence-electron chi connectivity index (χ1n) is 5.44. The second-order valence-electron chi connectivity index (χ2n) is 3.95. The summed E-state index contributed by atoms with van der Waals surface area (Å²) >= 11 is 0. The Kier molecular flexibility index (Phi) is 3.59. The summed E-state index contributed by atoms with van der Waals surface area (Å²) in [6.45, 7) is 1.52. The van der Waals surface area contributed by atoms with Gasteiger partial charge in [-0.05, 0) is 13.0 Å². The third-order valence-corrected chi connectivity index (χ3v) is 2.57. The number of H-pyrrole nitrogens is 1. The first-order chi connectivity index (χ1) is 9.41. The lowest BCUT2D eigenvalue weighted by atomic mass is 10.1. The Bertz CT molecular complexity index is 646. The number of aromatic amines is 1. The molecule has 106 valence electrons. The van der Waals surface area contributed by atoms with Gasteiger partial charge in [0.05, 0.1) is 11.6 Å². The first kappa shape index (κ1) is 13.8. The number of carbonyl (C=O) groups is 1. The molecule has 1 aromatic carbocycles. The van der Waals surface area contributed by atoms with E-state index in [-0.39, 0.29) is 0 Å². The number of phenols is 1. The molecule has 2 aromatic rings. The number of amides is 1. The highest BCUT2D eigenvalue weighted by Gasteiger charge is 2.23. The van der Waals surface area contributed by atoms with Gasteiger partial charge in [0.2, 0.25) is 5.82 Å². The normalized spacial score (nSPS) is 12.2. The van der Waals surface area contributed by atoms with Gasteiger partial charge in [-0.25, -0.2) is 13.8 Å². The van der Waals surface area contributed by atoms with Gasteiger partial charge in [-0.15, -0.1) is 0 Å². The summed E-state index contributed by atoms with van der Waals surface area (Å²) in [5.74, 6) is -7.08. The Morgan fingerprint density at radius 2 is 2.10 bits per heavy atom. The monoisotopic (exact) mass is 286 g/mol. The van der Waals surface area contributed by atoms with E-state index in [0.717, 1.165) is 0 Å². The van der Waals surface area contributed by atoms with Crippen LogP contribution in [0.4, 0.5) is 13.2 Å². The molecule has 0 aliphatic heterocycles. The molecule has 1 atom stereocenters. The SMILES string of the molecule is CC(NC(=O)c1cc(F)c(F)c(O)c1F)c1ncn[nH]1. The standard InChI is InChI=1S/C11H9F3N4O2/c1-4(10-15-3-16-18-10)17-11(20)5-2-6(12)8(14)9(19)7(5)13/h2-4,19H,1H3,(H,17,20)(H,15,16,18). The molecular formula is C11H9F3N4O2. The minimum Gasteiger partial charge on any atom is -0.503 e. The van der Waals surface area contributed by atoms with Crippen molar-refractivity contribution in [3.05, 3.63) is 41.2 Å². The zero-order valence-electron chi connectivity index (χ0n) is 10.1. The lowest BCUT2D eigenvalue weighted by Crippen LogP contribution is -2.28. The Morgan fingerprint density at radius 1 is 1.40 bits per heavy atom. The maximum Gasteiger partial charge on any atom is 0.255 e. The first-order valence-corrected chi connectivity index (χ1v) is 5.44. The van der Waals surface area contributed by atoms with Crippen molar-refractivity contribution in [3.63, 3.8) is 0 Å². The molecular weight excluding hydrogens is 277 g/mol. The highest BCUT2D eigenvalue weighted by atomic mass is 19.2. The van der Waals surface area contributed by atoms with Crippen LogP contribution in [0, 0.1) is 17.5 Å². The summed E-state index contributed by atoms with van der Waals surface area (Å²) in [5.41, 5.74) is -0.812. The number of nitrogens with one attached hydrogen (secondary N) is 2. The van der Waals surface area contributed by atoms with Crippen LogP contribution in [0.5, 0.6) is 5.75 Å². The molecule has 0 saturated carbocycles. The Balaban J connectivity index is 2.26. The number of hydrogen-bond acceptors (Lipinski definition) is 4. The minimum absolute atomic E-state index is 0.297. The molecule has 6 nitrogen and oxygen atoms in total. The highest BCUT2D eigenvalue weighted by Crippen LogP contribution is 2.26. The average Bonchev–Trinajstić information content (AvgIpc) is 2.94. The zero-order valence-corrected chi connectivity index (χ0v) is 10.1. The number of rotatable bonds is 3. The predicted octanol–water partition coefficient (Wildman–Crippen LogP) is 1.42. The highest BCUT2D eigenvalue weighted by molar-refractivity contribution is 5.95. The van der Waals surface area contributed by atoms with E-state index >= 15 is 0 Å². The molecule has 2 rings (SSSR count). The topological polar surface area (TPSA) is 90.9 Å². The van der Waals surface area contributed by atoms with Gasteiger partial charge in [0.15, 0.2) is 17.4 Å². The van der Waals surface area contributed by atoms with E-state index in [1.165, 1.54) is 13.3 Å². The van der Waals surface area contributed by atoms with Gasteiger partial charge >= 0.3 is 0 Å². The summed E-state index contributed by atoms with van der Waals surface area (Å²) in [6, 6.07) is -0.299. The van der Waals surface area contributed by atoms with E-state index in [9.17, 15) is 18.0 Å². The summed E-state index contributed by atoms with van der Waals surface area (Å²) in [5, 5.41) is 17.4. The van der Waals surface area contributed by atoms with E-state index in [1.54, 1.807) is 0 Å². The molecule has 0 saturated heterocycles. The third-order valence-electron chi connectivity index (χ3n) is 2.57. The van der Waals surface area contributed by atoms with Crippen LogP contribution in [0.2, 0.25) is 0 Å². The van der Waals surface area contributed by atoms with Crippen LogP contribution in [0.25, 0.3) is 0 Å². The smallest absolute Gasteiger partial charge is 0.255 e. The number of benzene rings is 1. The van der Waals surface area contributed by atoms with Crippen LogP contribution in [-0.2, 0) is 0 Å². The lowest BCUT2D eigenvalue weighted by Gasteiger charge is -2.12. The van der Waals surface area contributed by atoms with Gasteiger partial charge in [-0.2, -0.15) is 9.49 Å². The van der Waals surface area contributed by atoms with Crippen molar-refractivity contribution in [2.45, 2.75) is 13.0 Å². The number of nitrogens with zero attached hydrogens (tertiary/aromatic N) is 2. The van der Waals surface area contributed by atoms with Gasteiger partial charge < -0.3 is 10.4 Å². The summed E-state index contributed by atoms with van der Waals surface area (Å²) in [6.07, 6.45) is 1.21. The van der Waals surface area contributed by atoms with Crippen molar-refractivity contribution in [2.75, 3.05) is 0 Å². The lowest BCUT2D eigenvalue weighted by molar-refractivity contribution is 0.0932. The molecule has 0 bridgehead atoms. The Labute approximate surface area is 110 Å². The van der Waals surface area contributed by atoms with Crippen molar-refractivity contribution in [1.29, 1.82) is 0 Å². The fraction of sp³-hybridized carbons (Fsp3) is 0.182. The van der Waals surface area contributed by atoms with Crippen molar-refractivity contribution in [3.8, 4) is 5.75 Å². The molecule has 3 N–H and O–H groups in total. The van der Waals surface area contributed by atoms with Crippen molar-refractivity contribution in [1.82, 2.24) is 20.5 Å². The summed E-state index contributed by atoms with van der Waals surface area (Å²) in [7, 11) is 0. The van der Waals surface area contributed by atoms with E-state index in [2.05, 4.69) is 20.5 Å². The molecule has 1 heterocycles. The molecule has 9 heteroatoms. The fourth-order valence-electron chi connectivity index (χ4n) is 1.52. The molecule has 1 unspecified atom stereocenters. The van der Waals surface area contributed by atoms with Crippen molar-refractivity contribution >= 4 is 5.91 Å². The van der Waals surface area contributed by atoms with Gasteiger partial charge in [-0.1, -0.05) is 0 Å². The summed E-state index contributed by atoms with van der Waals surface area (Å²) in [4.78, 5) is 15.5. The van der Waals surface area contributed by atoms with Crippen LogP contribution in [0.1, 0.15) is 29.1 Å². The Morgan fingerprint density at radius 3 is 2.70 bits per heavy atom. The third kappa shape index (κ3) is 2.42. The minimum atomic E-state index is -1.75. The molecule has 0 spiro atoms. The van der Waals surface area contributed by atoms with E-state index in [0.29, 0.717) is 11.9 Å². The van der Waals surface area contributed by atoms with Crippen molar-refractivity contribution in [2.24, 2.45) is 0 Å². The zero-order chi connectivity index (χ0) is 14.9. The maximum absolute atomic E-state index is 13.5. The largest absolute Gasteiger partial charge is 0.503 e. The van der Waals surface area contributed by atoms with Crippen LogP contribution < -0.4 is 5.32 Å². The van der Waals surface area contributed by atoms with E-state index < -0.39 is 40.7 Å². The molecule has 1 amide bonds. The second-order valence-corrected chi connectivity index (χ2v) is 3.95. The second kappa shape index (κ2) is 5.19. The molecule has 20 heavy (non-hydrogen) atoms. The summed E-state index contributed by atoms with van der Waals surface area (Å²) < 4.78 is 39.5. The number of carbonyl (C=O) groups excluding carboxylic acids is 1. The molecule has 0 aliphatic rings. The number of hydrogen-bond donors (Lipinski definition) is 3. The van der Waals surface area contributed by atoms with Gasteiger partial charge in [0, 0.05) is 0 Å². The number of aromatic nitrogens is 3. The fourth-order valence-corrected chi connectivity index (χ4v) is 1.52. The van der Waals surface area contributed by atoms with Crippen molar-refractivity contribution < 1.29 is 23.1 Å². The molecule has 1 aromatic heterocycles. The van der Waals surface area contributed by atoms with Gasteiger partial charge in [0.25, 0.3) is 5.91 Å². The number of aromatic hydroxyl groups is 1. The quantitative estimate of drug-likeness (QED) is 0.744. The number of phenolic OH excluding ortho intramolecular Hbond substituents is 1. The van der Waals surface area contributed by atoms with Gasteiger partial charge in [-0.3, -0.25) is 9.89 Å². The molecule has 0 radical (unpaired) electrons. The average molecular weight is 286 g/mol. The maximum atomic E-state index is 13.5. The van der Waals surface area contributed by atoms with E-state index in [1.807, 2.05) is 0 Å². The Hall–Kier alpha value is -2.58. The van der Waals surface area contributed by atoms with Crippen LogP contribution in [0.3, 0.4) is 0 Å². The van der Waals surface area contributed by atoms with Crippen LogP contribution >= 0.6 is 0 Å².